The third kappa shape index (κ3) is 1.23. The second-order valence-electron chi connectivity index (χ2n) is 2.71. The number of benzene rings is 1. The van der Waals surface area contributed by atoms with Crippen LogP contribution in [0.2, 0.25) is 0 Å². The number of aldehydes is 1. The normalized spacial score (nSPS) is 10.5. The lowest BCUT2D eigenvalue weighted by Gasteiger charge is -1.97. The van der Waals surface area contributed by atoms with E-state index < -0.39 is 0 Å². The molecule has 1 aromatic heterocycles. The van der Waals surface area contributed by atoms with Gasteiger partial charge < -0.3 is 10.1 Å². The van der Waals surface area contributed by atoms with Gasteiger partial charge in [-0.05, 0) is 12.1 Å². The molecule has 0 saturated heterocycles. The molecule has 1 heterocycles. The van der Waals surface area contributed by atoms with E-state index in [1.807, 2.05) is 6.07 Å². The molecule has 0 radical (unpaired) electrons. The summed E-state index contributed by atoms with van der Waals surface area (Å²) in [5.74, 6) is 0.104. The second-order valence-corrected chi connectivity index (χ2v) is 3.63. The first kappa shape index (κ1) is 8.31. The van der Waals surface area contributed by atoms with E-state index in [9.17, 15) is 9.90 Å². The molecule has 0 amide bonds. The summed E-state index contributed by atoms with van der Waals surface area (Å²) in [7, 11) is 0. The number of halogens is 1. The van der Waals surface area contributed by atoms with Crippen molar-refractivity contribution < 1.29 is 9.90 Å². The fourth-order valence-electron chi connectivity index (χ4n) is 1.33. The predicted octanol–water partition coefficient (Wildman–Crippen LogP) is 2.45. The predicted molar refractivity (Wildman–Crippen MR) is 53.1 cm³/mol. The van der Waals surface area contributed by atoms with E-state index in [0.717, 1.165) is 9.99 Å². The third-order valence-electron chi connectivity index (χ3n) is 1.88. The quantitative estimate of drug-likeness (QED) is 0.752. The number of phenolic OH excluding ortho intramolecular Hbond substituents is 1. The summed E-state index contributed by atoms with van der Waals surface area (Å²) in [6, 6.07) is 3.37. The van der Waals surface area contributed by atoms with E-state index in [1.54, 1.807) is 12.3 Å². The van der Waals surface area contributed by atoms with Gasteiger partial charge in [-0.25, -0.2) is 0 Å². The van der Waals surface area contributed by atoms with Crippen LogP contribution in [0.25, 0.3) is 10.9 Å². The highest BCUT2D eigenvalue weighted by molar-refractivity contribution is 9.10. The molecule has 0 spiro atoms. The van der Waals surface area contributed by atoms with Crippen LogP contribution in [0.1, 0.15) is 10.4 Å². The van der Waals surface area contributed by atoms with Crippen LogP contribution in [-0.2, 0) is 0 Å². The van der Waals surface area contributed by atoms with Gasteiger partial charge in [-0.3, -0.25) is 4.79 Å². The van der Waals surface area contributed by atoms with Crippen LogP contribution in [-0.4, -0.2) is 16.4 Å². The number of hydrogen-bond acceptors (Lipinski definition) is 2. The minimum atomic E-state index is 0.104. The molecule has 2 aromatic rings. The largest absolute Gasteiger partial charge is 0.507 e. The van der Waals surface area contributed by atoms with Gasteiger partial charge in [0, 0.05) is 16.2 Å². The SMILES string of the molecule is O=Cc1c[nH]c2cc(Br)cc(O)c12. The Morgan fingerprint density at radius 1 is 1.46 bits per heavy atom. The fraction of sp³-hybridized carbons (Fsp3) is 0. The number of fused-ring (bicyclic) bond motifs is 1. The first-order valence-electron chi connectivity index (χ1n) is 3.67. The Hall–Kier alpha value is -1.29. The van der Waals surface area contributed by atoms with Crippen molar-refractivity contribution in [2.75, 3.05) is 0 Å². The number of phenols is 1. The van der Waals surface area contributed by atoms with Crippen LogP contribution in [0.3, 0.4) is 0 Å². The molecular formula is C9H6BrNO2. The van der Waals surface area contributed by atoms with E-state index in [-0.39, 0.29) is 5.75 Å². The number of aromatic amines is 1. The Kier molecular flexibility index (Phi) is 1.84. The van der Waals surface area contributed by atoms with E-state index in [4.69, 9.17) is 0 Å². The Morgan fingerprint density at radius 2 is 2.23 bits per heavy atom. The summed E-state index contributed by atoms with van der Waals surface area (Å²) >= 11 is 3.25. The molecule has 0 aliphatic carbocycles. The van der Waals surface area contributed by atoms with Crippen LogP contribution in [0.4, 0.5) is 0 Å². The van der Waals surface area contributed by atoms with Crippen LogP contribution >= 0.6 is 15.9 Å². The Morgan fingerprint density at radius 3 is 2.92 bits per heavy atom. The van der Waals surface area contributed by atoms with Crippen molar-refractivity contribution in [3.63, 3.8) is 0 Å². The molecule has 66 valence electrons. The summed E-state index contributed by atoms with van der Waals surface area (Å²) in [6.45, 7) is 0. The van der Waals surface area contributed by atoms with E-state index in [0.29, 0.717) is 17.2 Å². The summed E-state index contributed by atoms with van der Waals surface area (Å²) < 4.78 is 0.775. The molecule has 4 heteroatoms. The molecular weight excluding hydrogens is 234 g/mol. The monoisotopic (exact) mass is 239 g/mol. The number of carbonyl (C=O) groups is 1. The van der Waals surface area contributed by atoms with E-state index in [2.05, 4.69) is 20.9 Å². The van der Waals surface area contributed by atoms with Gasteiger partial charge in [0.05, 0.1) is 10.9 Å². The summed E-state index contributed by atoms with van der Waals surface area (Å²) in [5, 5.41) is 10.1. The standard InChI is InChI=1S/C9H6BrNO2/c10-6-1-7-9(8(13)2-6)5(4-12)3-11-7/h1-4,11,13H. The Bertz CT molecular complexity index is 476. The van der Waals surface area contributed by atoms with Crippen LogP contribution in [0, 0.1) is 0 Å². The zero-order valence-corrected chi connectivity index (χ0v) is 8.13. The van der Waals surface area contributed by atoms with E-state index in [1.165, 1.54) is 0 Å². The van der Waals surface area contributed by atoms with Gasteiger partial charge in [-0.15, -0.1) is 0 Å². The molecule has 0 aliphatic heterocycles. The van der Waals surface area contributed by atoms with Crippen molar-refractivity contribution in [1.82, 2.24) is 4.98 Å². The molecule has 1 aromatic carbocycles. The number of aromatic nitrogens is 1. The summed E-state index contributed by atoms with van der Waals surface area (Å²) in [6.07, 6.45) is 2.29. The lowest BCUT2D eigenvalue weighted by molar-refractivity contribution is 0.112. The van der Waals surface area contributed by atoms with Crippen LogP contribution in [0.5, 0.6) is 5.75 Å². The average molecular weight is 240 g/mol. The minimum Gasteiger partial charge on any atom is -0.507 e. The first-order valence-corrected chi connectivity index (χ1v) is 4.46. The molecule has 3 nitrogen and oxygen atoms in total. The van der Waals surface area contributed by atoms with Gasteiger partial charge in [-0.1, -0.05) is 15.9 Å². The van der Waals surface area contributed by atoms with Gasteiger partial charge in [0.1, 0.15) is 5.75 Å². The number of carbonyl (C=O) groups excluding carboxylic acids is 1. The summed E-state index contributed by atoms with van der Waals surface area (Å²) in [5.41, 5.74) is 1.22. The molecule has 0 aliphatic rings. The smallest absolute Gasteiger partial charge is 0.152 e. The average Bonchev–Trinajstić information content (AvgIpc) is 2.47. The highest BCUT2D eigenvalue weighted by Gasteiger charge is 2.07. The minimum absolute atomic E-state index is 0.104. The topological polar surface area (TPSA) is 53.1 Å². The zero-order valence-electron chi connectivity index (χ0n) is 6.54. The Labute approximate surface area is 82.5 Å². The van der Waals surface area contributed by atoms with Crippen molar-refractivity contribution in [3.8, 4) is 5.75 Å². The molecule has 0 atom stereocenters. The maximum atomic E-state index is 10.6. The molecule has 0 saturated carbocycles. The number of nitrogens with one attached hydrogen (secondary N) is 1. The lowest BCUT2D eigenvalue weighted by Crippen LogP contribution is -1.76. The number of aromatic hydroxyl groups is 1. The third-order valence-corrected chi connectivity index (χ3v) is 2.34. The number of hydrogen-bond donors (Lipinski definition) is 2. The highest BCUT2D eigenvalue weighted by atomic mass is 79.9. The van der Waals surface area contributed by atoms with Gasteiger partial charge >= 0.3 is 0 Å². The Balaban J connectivity index is 2.89. The number of H-pyrrole nitrogens is 1. The molecule has 0 fully saturated rings. The maximum absolute atomic E-state index is 10.6. The molecule has 0 bridgehead atoms. The second kappa shape index (κ2) is 2.88. The molecule has 13 heavy (non-hydrogen) atoms. The highest BCUT2D eigenvalue weighted by Crippen LogP contribution is 2.30. The van der Waals surface area contributed by atoms with Gasteiger partial charge in [0.15, 0.2) is 6.29 Å². The van der Waals surface area contributed by atoms with Crippen molar-refractivity contribution >= 4 is 33.1 Å². The van der Waals surface area contributed by atoms with Crippen molar-refractivity contribution in [2.45, 2.75) is 0 Å². The molecule has 2 rings (SSSR count). The number of rotatable bonds is 1. The van der Waals surface area contributed by atoms with Crippen LogP contribution < -0.4 is 0 Å². The summed E-state index contributed by atoms with van der Waals surface area (Å²) in [4.78, 5) is 13.5. The van der Waals surface area contributed by atoms with Crippen molar-refractivity contribution in [3.05, 3.63) is 28.4 Å². The first-order chi connectivity index (χ1) is 6.22. The van der Waals surface area contributed by atoms with Crippen LogP contribution in [0.15, 0.2) is 22.8 Å². The van der Waals surface area contributed by atoms with Gasteiger partial charge in [0.2, 0.25) is 0 Å². The fourth-order valence-corrected chi connectivity index (χ4v) is 1.78. The maximum Gasteiger partial charge on any atom is 0.152 e. The van der Waals surface area contributed by atoms with Gasteiger partial charge in [-0.2, -0.15) is 0 Å². The lowest BCUT2D eigenvalue weighted by atomic mass is 10.2. The molecule has 0 unspecified atom stereocenters. The van der Waals surface area contributed by atoms with E-state index >= 15 is 0 Å². The van der Waals surface area contributed by atoms with Gasteiger partial charge in [0.25, 0.3) is 0 Å². The molecule has 2 N–H and O–H groups in total. The van der Waals surface area contributed by atoms with Crippen molar-refractivity contribution in [2.24, 2.45) is 0 Å². The zero-order chi connectivity index (χ0) is 9.42. The van der Waals surface area contributed by atoms with Crippen molar-refractivity contribution in [1.29, 1.82) is 0 Å².